The van der Waals surface area contributed by atoms with Crippen molar-refractivity contribution in [3.63, 3.8) is 0 Å². The van der Waals surface area contributed by atoms with Crippen molar-refractivity contribution in [1.82, 2.24) is 5.32 Å². The van der Waals surface area contributed by atoms with E-state index in [4.69, 9.17) is 5.73 Å². The van der Waals surface area contributed by atoms with Crippen LogP contribution in [0.1, 0.15) is 13.3 Å². The Morgan fingerprint density at radius 3 is 2.75 bits per heavy atom. The van der Waals surface area contributed by atoms with Gasteiger partial charge in [-0.1, -0.05) is 6.92 Å². The van der Waals surface area contributed by atoms with Gasteiger partial charge >= 0.3 is 0 Å². The van der Waals surface area contributed by atoms with Crippen LogP contribution in [0.15, 0.2) is 0 Å². The van der Waals surface area contributed by atoms with Crippen LogP contribution < -0.4 is 11.1 Å². The fourth-order valence-electron chi connectivity index (χ4n) is 0.473. The number of hydrogen-bond donors (Lipinski definition) is 2. The molecule has 1 radical (unpaired) electrons. The Labute approximate surface area is 51.5 Å². The lowest BCUT2D eigenvalue weighted by Crippen LogP contribution is -2.23. The summed E-state index contributed by atoms with van der Waals surface area (Å²) in [6, 6.07) is 0. The molecule has 0 aliphatic carbocycles. The molecule has 0 saturated carbocycles. The summed E-state index contributed by atoms with van der Waals surface area (Å²) in [6.07, 6.45) is 3.28. The van der Waals surface area contributed by atoms with Gasteiger partial charge < -0.3 is 11.1 Å². The Bertz CT molecular complexity index is 31.5. The Morgan fingerprint density at radius 1 is 1.50 bits per heavy atom. The first-order chi connectivity index (χ1) is 3.91. The first-order valence-corrected chi connectivity index (χ1v) is 3.10. The third kappa shape index (κ3) is 5.92. The molecule has 0 rings (SSSR count). The van der Waals surface area contributed by atoms with E-state index in [0.717, 1.165) is 26.1 Å². The maximum atomic E-state index is 5.24. The van der Waals surface area contributed by atoms with Crippen molar-refractivity contribution in [1.29, 1.82) is 0 Å². The second kappa shape index (κ2) is 6.92. The summed E-state index contributed by atoms with van der Waals surface area (Å²) in [5, 5.41) is 3.18. The fraction of sp³-hybridized carbons (Fsp3) is 0.833. The molecule has 0 bridgehead atoms. The third-order valence-electron chi connectivity index (χ3n) is 0.931. The van der Waals surface area contributed by atoms with E-state index < -0.39 is 0 Å². The van der Waals surface area contributed by atoms with Gasteiger partial charge in [-0.25, -0.2) is 0 Å². The zero-order valence-electron chi connectivity index (χ0n) is 5.48. The van der Waals surface area contributed by atoms with Crippen LogP contribution in [0.3, 0.4) is 0 Å². The molecule has 49 valence electrons. The molecular weight excluding hydrogens is 100 g/mol. The van der Waals surface area contributed by atoms with Crippen molar-refractivity contribution in [3.05, 3.63) is 6.42 Å². The molecule has 0 aromatic heterocycles. The molecule has 8 heavy (non-hydrogen) atoms. The van der Waals surface area contributed by atoms with Gasteiger partial charge in [-0.05, 0) is 19.4 Å². The summed E-state index contributed by atoms with van der Waals surface area (Å²) in [7, 11) is 0. The highest BCUT2D eigenvalue weighted by molar-refractivity contribution is 4.57. The molecule has 0 aliphatic heterocycles. The van der Waals surface area contributed by atoms with Crippen LogP contribution in [0.4, 0.5) is 0 Å². The van der Waals surface area contributed by atoms with E-state index >= 15 is 0 Å². The summed E-state index contributed by atoms with van der Waals surface area (Å²) >= 11 is 0. The number of rotatable bonds is 5. The summed E-state index contributed by atoms with van der Waals surface area (Å²) in [5.41, 5.74) is 5.24. The van der Waals surface area contributed by atoms with Crippen molar-refractivity contribution < 1.29 is 0 Å². The highest BCUT2D eigenvalue weighted by Crippen LogP contribution is 1.78. The molecule has 0 aromatic rings. The minimum absolute atomic E-state index is 0.740. The van der Waals surface area contributed by atoms with Gasteiger partial charge in [0.1, 0.15) is 0 Å². The Balaban J connectivity index is 2.53. The molecule has 0 spiro atoms. The lowest BCUT2D eigenvalue weighted by Gasteiger charge is -1.97. The highest BCUT2D eigenvalue weighted by atomic mass is 14.9. The smallest absolute Gasteiger partial charge is 0.00745 e. The van der Waals surface area contributed by atoms with Gasteiger partial charge in [-0.3, -0.25) is 0 Å². The zero-order valence-corrected chi connectivity index (χ0v) is 5.48. The molecular formula is C6H15N2. The zero-order chi connectivity index (χ0) is 6.24. The molecule has 0 amide bonds. The van der Waals surface area contributed by atoms with E-state index in [1.54, 1.807) is 0 Å². The van der Waals surface area contributed by atoms with Crippen LogP contribution in [-0.2, 0) is 0 Å². The average molecular weight is 115 g/mol. The second-order valence-corrected chi connectivity index (χ2v) is 1.74. The monoisotopic (exact) mass is 115 g/mol. The molecule has 0 unspecified atom stereocenters. The molecule has 2 heteroatoms. The predicted molar refractivity (Wildman–Crippen MR) is 36.5 cm³/mol. The minimum Gasteiger partial charge on any atom is -0.329 e. The largest absolute Gasteiger partial charge is 0.329 e. The predicted octanol–water partition coefficient (Wildman–Crippen LogP) is 0.149. The molecule has 0 saturated heterocycles. The number of hydrogen-bond acceptors (Lipinski definition) is 2. The van der Waals surface area contributed by atoms with Gasteiger partial charge in [0.05, 0.1) is 0 Å². The molecule has 3 N–H and O–H groups in total. The molecule has 2 nitrogen and oxygen atoms in total. The summed E-state index contributed by atoms with van der Waals surface area (Å²) < 4.78 is 0. The maximum absolute atomic E-state index is 5.24. The summed E-state index contributed by atoms with van der Waals surface area (Å²) in [4.78, 5) is 0. The SMILES string of the molecule is C[CH]CCNCCN. The molecule has 0 aromatic carbocycles. The number of unbranched alkanes of at least 4 members (excludes halogenated alkanes) is 1. The number of nitrogens with one attached hydrogen (secondary N) is 1. The van der Waals surface area contributed by atoms with Gasteiger partial charge in [0.2, 0.25) is 0 Å². The van der Waals surface area contributed by atoms with E-state index in [2.05, 4.69) is 18.7 Å². The first kappa shape index (κ1) is 7.92. The van der Waals surface area contributed by atoms with Crippen LogP contribution in [0, 0.1) is 6.42 Å². The normalized spacial score (nSPS) is 9.75. The van der Waals surface area contributed by atoms with Gasteiger partial charge in [-0.15, -0.1) is 0 Å². The Morgan fingerprint density at radius 2 is 2.25 bits per heavy atom. The molecule has 0 aliphatic rings. The van der Waals surface area contributed by atoms with E-state index in [1.165, 1.54) is 0 Å². The van der Waals surface area contributed by atoms with E-state index in [1.807, 2.05) is 0 Å². The van der Waals surface area contributed by atoms with Gasteiger partial charge in [0, 0.05) is 13.1 Å². The molecule has 0 atom stereocenters. The van der Waals surface area contributed by atoms with E-state index in [9.17, 15) is 0 Å². The van der Waals surface area contributed by atoms with Crippen molar-refractivity contribution in [2.45, 2.75) is 13.3 Å². The summed E-state index contributed by atoms with van der Waals surface area (Å²) in [6.45, 7) is 4.80. The quantitative estimate of drug-likeness (QED) is 0.500. The first-order valence-electron chi connectivity index (χ1n) is 3.10. The third-order valence-corrected chi connectivity index (χ3v) is 0.931. The van der Waals surface area contributed by atoms with E-state index in [0.29, 0.717) is 0 Å². The van der Waals surface area contributed by atoms with Crippen LogP contribution in [-0.4, -0.2) is 19.6 Å². The summed E-state index contributed by atoms with van der Waals surface area (Å²) in [5.74, 6) is 0. The van der Waals surface area contributed by atoms with Gasteiger partial charge in [0.25, 0.3) is 0 Å². The van der Waals surface area contributed by atoms with Crippen molar-refractivity contribution in [2.24, 2.45) is 5.73 Å². The standard InChI is InChI=1S/C6H15N2/c1-2-3-5-8-6-4-7/h2,8H,3-7H2,1H3. The van der Waals surface area contributed by atoms with Crippen LogP contribution in [0.25, 0.3) is 0 Å². The molecule has 0 fully saturated rings. The Kier molecular flexibility index (Phi) is 6.85. The second-order valence-electron chi connectivity index (χ2n) is 1.74. The van der Waals surface area contributed by atoms with Crippen molar-refractivity contribution in [2.75, 3.05) is 19.6 Å². The fourth-order valence-corrected chi connectivity index (χ4v) is 0.473. The Hall–Kier alpha value is -0.0800. The van der Waals surface area contributed by atoms with Gasteiger partial charge in [-0.2, -0.15) is 0 Å². The van der Waals surface area contributed by atoms with Crippen LogP contribution >= 0.6 is 0 Å². The van der Waals surface area contributed by atoms with Crippen LogP contribution in [0.2, 0.25) is 0 Å². The van der Waals surface area contributed by atoms with Crippen molar-refractivity contribution >= 4 is 0 Å². The lowest BCUT2D eigenvalue weighted by atomic mass is 10.3. The highest BCUT2D eigenvalue weighted by Gasteiger charge is 1.80. The lowest BCUT2D eigenvalue weighted by molar-refractivity contribution is 0.684. The molecule has 0 heterocycles. The van der Waals surface area contributed by atoms with Gasteiger partial charge in [0.15, 0.2) is 0 Å². The van der Waals surface area contributed by atoms with Crippen molar-refractivity contribution in [3.8, 4) is 0 Å². The topological polar surface area (TPSA) is 38.0 Å². The maximum Gasteiger partial charge on any atom is 0.00745 e. The van der Waals surface area contributed by atoms with Crippen LogP contribution in [0.5, 0.6) is 0 Å². The average Bonchev–Trinajstić information content (AvgIpc) is 1.81. The van der Waals surface area contributed by atoms with E-state index in [-0.39, 0.29) is 0 Å². The minimum atomic E-state index is 0.740. The number of nitrogens with two attached hydrogens (primary N) is 1.